The first-order chi connectivity index (χ1) is 11.8. The number of imidazole rings is 1. The monoisotopic (exact) mass is 345 g/mol. The molecule has 1 aliphatic heterocycles. The molecule has 0 saturated heterocycles. The Hall–Kier alpha value is -1.66. The molecule has 3 heterocycles. The summed E-state index contributed by atoms with van der Waals surface area (Å²) in [6, 6.07) is 4.03. The average molecular weight is 345 g/mol. The van der Waals surface area contributed by atoms with E-state index >= 15 is 0 Å². The van der Waals surface area contributed by atoms with Crippen molar-refractivity contribution < 1.29 is 9.53 Å². The normalized spacial score (nSPS) is 20.7. The van der Waals surface area contributed by atoms with E-state index in [0.717, 1.165) is 42.8 Å². The lowest BCUT2D eigenvalue weighted by molar-refractivity contribution is -0.131. The van der Waals surface area contributed by atoms with Gasteiger partial charge in [0.15, 0.2) is 0 Å². The summed E-state index contributed by atoms with van der Waals surface area (Å²) in [5.74, 6) is 1.29. The topological polar surface area (TPSA) is 47.4 Å². The lowest BCUT2D eigenvalue weighted by Gasteiger charge is -2.24. The van der Waals surface area contributed by atoms with Gasteiger partial charge in [0.1, 0.15) is 0 Å². The van der Waals surface area contributed by atoms with E-state index in [-0.39, 0.29) is 5.91 Å². The molecular formula is C18H23N3O2S. The summed E-state index contributed by atoms with van der Waals surface area (Å²) in [6.07, 6.45) is 6.85. The van der Waals surface area contributed by atoms with Crippen molar-refractivity contribution in [2.45, 2.75) is 32.4 Å². The maximum atomic E-state index is 12.7. The number of hydrogen-bond acceptors (Lipinski definition) is 4. The number of thiophene rings is 1. The van der Waals surface area contributed by atoms with Crippen LogP contribution in [0.3, 0.4) is 0 Å². The van der Waals surface area contributed by atoms with E-state index < -0.39 is 0 Å². The van der Waals surface area contributed by atoms with Gasteiger partial charge in [-0.25, -0.2) is 4.98 Å². The van der Waals surface area contributed by atoms with Gasteiger partial charge in [-0.1, -0.05) is 6.07 Å². The number of carbonyl (C=O) groups is 1. The smallest absolute Gasteiger partial charge is 0.228 e. The minimum absolute atomic E-state index is 0.194. The SMILES string of the molecule is O=C(Cc1cccs1)N1Cc2cncn2CC(COCC2CC2)C1. The Morgan fingerprint density at radius 1 is 1.29 bits per heavy atom. The zero-order valence-corrected chi connectivity index (χ0v) is 14.6. The summed E-state index contributed by atoms with van der Waals surface area (Å²) >= 11 is 1.64. The third kappa shape index (κ3) is 3.87. The van der Waals surface area contributed by atoms with Gasteiger partial charge in [0, 0.05) is 36.7 Å². The fraction of sp³-hybridized carbons (Fsp3) is 0.556. The van der Waals surface area contributed by atoms with Crippen molar-refractivity contribution in [3.05, 3.63) is 40.6 Å². The second-order valence-corrected chi connectivity index (χ2v) is 7.95. The predicted molar refractivity (Wildman–Crippen MR) is 92.7 cm³/mol. The number of rotatable bonds is 6. The highest BCUT2D eigenvalue weighted by atomic mass is 32.1. The lowest BCUT2D eigenvalue weighted by atomic mass is 10.1. The van der Waals surface area contributed by atoms with E-state index in [1.807, 2.05) is 34.9 Å². The van der Waals surface area contributed by atoms with E-state index in [9.17, 15) is 4.79 Å². The number of ether oxygens (including phenoxy) is 1. The van der Waals surface area contributed by atoms with Gasteiger partial charge in [0.05, 0.1) is 31.6 Å². The van der Waals surface area contributed by atoms with E-state index in [4.69, 9.17) is 4.74 Å². The average Bonchev–Trinajstić information content (AvgIpc) is 3.13. The van der Waals surface area contributed by atoms with Crippen molar-refractivity contribution in [1.82, 2.24) is 14.5 Å². The molecule has 2 aromatic rings. The van der Waals surface area contributed by atoms with Crippen molar-refractivity contribution in [2.75, 3.05) is 19.8 Å². The van der Waals surface area contributed by atoms with Gasteiger partial charge in [-0.3, -0.25) is 4.79 Å². The quantitative estimate of drug-likeness (QED) is 0.808. The third-order valence-electron chi connectivity index (χ3n) is 4.75. The molecule has 0 bridgehead atoms. The summed E-state index contributed by atoms with van der Waals surface area (Å²) in [4.78, 5) is 20.1. The summed E-state index contributed by atoms with van der Waals surface area (Å²) < 4.78 is 8.08. The molecular weight excluding hydrogens is 322 g/mol. The molecule has 6 heteroatoms. The summed E-state index contributed by atoms with van der Waals surface area (Å²) in [6.45, 7) is 3.87. The van der Waals surface area contributed by atoms with Crippen LogP contribution >= 0.6 is 11.3 Å². The first-order valence-electron chi connectivity index (χ1n) is 8.65. The third-order valence-corrected chi connectivity index (χ3v) is 5.62. The number of carbonyl (C=O) groups excluding carboxylic acids is 1. The van der Waals surface area contributed by atoms with Gasteiger partial charge in [-0.15, -0.1) is 11.3 Å². The van der Waals surface area contributed by atoms with Crippen LogP contribution in [0.2, 0.25) is 0 Å². The van der Waals surface area contributed by atoms with Crippen molar-refractivity contribution in [3.63, 3.8) is 0 Å². The van der Waals surface area contributed by atoms with E-state index in [1.165, 1.54) is 12.8 Å². The number of hydrogen-bond donors (Lipinski definition) is 0. The van der Waals surface area contributed by atoms with Crippen molar-refractivity contribution in [1.29, 1.82) is 0 Å². The Labute approximate surface area is 146 Å². The van der Waals surface area contributed by atoms with Gasteiger partial charge in [0.2, 0.25) is 5.91 Å². The molecule has 1 fully saturated rings. The molecule has 0 spiro atoms. The van der Waals surface area contributed by atoms with Crippen LogP contribution in [0.5, 0.6) is 0 Å². The Morgan fingerprint density at radius 3 is 2.96 bits per heavy atom. The number of amides is 1. The Morgan fingerprint density at radius 2 is 2.17 bits per heavy atom. The van der Waals surface area contributed by atoms with E-state index in [2.05, 4.69) is 9.55 Å². The molecule has 128 valence electrons. The molecule has 0 aromatic carbocycles. The van der Waals surface area contributed by atoms with Crippen LogP contribution in [-0.4, -0.2) is 40.1 Å². The molecule has 1 amide bonds. The Bertz CT molecular complexity index is 678. The van der Waals surface area contributed by atoms with Crippen LogP contribution in [-0.2, 0) is 29.0 Å². The molecule has 0 N–H and O–H groups in total. The van der Waals surface area contributed by atoms with Gasteiger partial charge < -0.3 is 14.2 Å². The molecule has 4 rings (SSSR count). The van der Waals surface area contributed by atoms with Crippen LogP contribution in [0, 0.1) is 11.8 Å². The Kier molecular flexibility index (Phi) is 4.67. The van der Waals surface area contributed by atoms with Gasteiger partial charge in [-0.2, -0.15) is 0 Å². The minimum atomic E-state index is 0.194. The molecule has 2 aromatic heterocycles. The first-order valence-corrected chi connectivity index (χ1v) is 9.53. The fourth-order valence-corrected chi connectivity index (χ4v) is 3.90. The summed E-state index contributed by atoms with van der Waals surface area (Å²) in [5, 5.41) is 2.02. The standard InChI is InChI=1S/C18H23N3O2S/c22-18(6-17-2-1-5-24-17)20-8-15(12-23-11-14-3-4-14)9-21-13-19-7-16(21)10-20/h1-2,5,7,13-15H,3-4,6,8-12H2. The highest BCUT2D eigenvalue weighted by molar-refractivity contribution is 7.10. The highest BCUT2D eigenvalue weighted by Gasteiger charge is 2.27. The second kappa shape index (κ2) is 7.07. The first kappa shape index (κ1) is 15.8. The molecule has 1 aliphatic carbocycles. The zero-order valence-electron chi connectivity index (χ0n) is 13.8. The molecule has 1 saturated carbocycles. The van der Waals surface area contributed by atoms with Crippen LogP contribution in [0.1, 0.15) is 23.4 Å². The summed E-state index contributed by atoms with van der Waals surface area (Å²) in [7, 11) is 0. The van der Waals surface area contributed by atoms with E-state index in [0.29, 0.717) is 18.9 Å². The van der Waals surface area contributed by atoms with Crippen molar-refractivity contribution in [3.8, 4) is 0 Å². The number of fused-ring (bicyclic) bond motifs is 1. The highest BCUT2D eigenvalue weighted by Crippen LogP contribution is 2.29. The van der Waals surface area contributed by atoms with E-state index in [1.54, 1.807) is 11.3 Å². The molecule has 1 atom stereocenters. The van der Waals surface area contributed by atoms with Crippen LogP contribution in [0.25, 0.3) is 0 Å². The van der Waals surface area contributed by atoms with Crippen molar-refractivity contribution in [2.24, 2.45) is 11.8 Å². The number of nitrogens with zero attached hydrogens (tertiary/aromatic N) is 3. The predicted octanol–water partition coefficient (Wildman–Crippen LogP) is 2.57. The molecule has 1 unspecified atom stereocenters. The Balaban J connectivity index is 1.42. The van der Waals surface area contributed by atoms with Crippen LogP contribution < -0.4 is 0 Å². The lowest BCUT2D eigenvalue weighted by Crippen LogP contribution is -2.36. The maximum Gasteiger partial charge on any atom is 0.228 e. The summed E-state index contributed by atoms with van der Waals surface area (Å²) in [5.41, 5.74) is 1.11. The molecule has 24 heavy (non-hydrogen) atoms. The zero-order chi connectivity index (χ0) is 16.4. The number of aromatic nitrogens is 2. The van der Waals surface area contributed by atoms with Gasteiger partial charge >= 0.3 is 0 Å². The van der Waals surface area contributed by atoms with Crippen LogP contribution in [0.4, 0.5) is 0 Å². The molecule has 0 radical (unpaired) electrons. The molecule has 2 aliphatic rings. The minimum Gasteiger partial charge on any atom is -0.381 e. The van der Waals surface area contributed by atoms with Gasteiger partial charge in [-0.05, 0) is 30.2 Å². The van der Waals surface area contributed by atoms with Crippen molar-refractivity contribution >= 4 is 17.2 Å². The van der Waals surface area contributed by atoms with Crippen LogP contribution in [0.15, 0.2) is 30.0 Å². The van der Waals surface area contributed by atoms with Gasteiger partial charge in [0.25, 0.3) is 0 Å². The maximum absolute atomic E-state index is 12.7. The second-order valence-electron chi connectivity index (χ2n) is 6.91. The molecule has 5 nitrogen and oxygen atoms in total. The fourth-order valence-electron chi connectivity index (χ4n) is 3.21. The largest absolute Gasteiger partial charge is 0.381 e.